The van der Waals surface area contributed by atoms with Crippen molar-refractivity contribution in [2.75, 3.05) is 5.73 Å². The van der Waals surface area contributed by atoms with Gasteiger partial charge in [0.2, 0.25) is 0 Å². The quantitative estimate of drug-likeness (QED) is 0.862. The number of nitrogens with two attached hydrogens (primary N) is 1. The predicted octanol–water partition coefficient (Wildman–Crippen LogP) is 4.11. The van der Waals surface area contributed by atoms with Gasteiger partial charge >= 0.3 is 0 Å². The largest absolute Gasteiger partial charge is 0.382 e. The molecule has 0 saturated heterocycles. The van der Waals surface area contributed by atoms with Crippen molar-refractivity contribution >= 4 is 5.82 Å². The van der Waals surface area contributed by atoms with Gasteiger partial charge in [0.15, 0.2) is 5.82 Å². The van der Waals surface area contributed by atoms with Crippen molar-refractivity contribution in [2.24, 2.45) is 0 Å². The number of hydrogen-bond donors (Lipinski definition) is 2. The highest BCUT2D eigenvalue weighted by molar-refractivity contribution is 5.78. The number of aromatic nitrogens is 2. The van der Waals surface area contributed by atoms with Crippen LogP contribution < -0.4 is 5.73 Å². The van der Waals surface area contributed by atoms with Gasteiger partial charge in [-0.3, -0.25) is 5.10 Å². The van der Waals surface area contributed by atoms with E-state index in [4.69, 9.17) is 5.73 Å². The van der Waals surface area contributed by atoms with E-state index in [1.807, 2.05) is 0 Å². The molecule has 0 atom stereocenters. The number of nitrogens with zero attached hydrogens (tertiary/aromatic N) is 1. The molecule has 106 valence electrons. The van der Waals surface area contributed by atoms with Crippen LogP contribution in [-0.2, 0) is 5.41 Å². The zero-order valence-electron chi connectivity index (χ0n) is 12.6. The molecule has 1 aromatic carbocycles. The van der Waals surface area contributed by atoms with E-state index in [2.05, 4.69) is 49.2 Å². The molecule has 0 amide bonds. The topological polar surface area (TPSA) is 54.7 Å². The summed E-state index contributed by atoms with van der Waals surface area (Å²) < 4.78 is 0. The van der Waals surface area contributed by atoms with Crippen LogP contribution in [0.1, 0.15) is 49.4 Å². The van der Waals surface area contributed by atoms with E-state index >= 15 is 0 Å². The van der Waals surface area contributed by atoms with E-state index in [0.29, 0.717) is 5.82 Å². The zero-order chi connectivity index (χ0) is 14.3. The molecule has 0 bridgehead atoms. The van der Waals surface area contributed by atoms with Crippen molar-refractivity contribution in [1.82, 2.24) is 10.2 Å². The third-order valence-corrected chi connectivity index (χ3v) is 4.90. The lowest BCUT2D eigenvalue weighted by molar-refractivity contribution is 0.476. The van der Waals surface area contributed by atoms with Crippen molar-refractivity contribution in [3.05, 3.63) is 35.0 Å². The number of rotatable bonds is 2. The van der Waals surface area contributed by atoms with E-state index in [-0.39, 0.29) is 5.41 Å². The minimum Gasteiger partial charge on any atom is -0.382 e. The number of aromatic amines is 1. The van der Waals surface area contributed by atoms with Gasteiger partial charge in [0.05, 0.1) is 5.69 Å². The third-order valence-electron chi connectivity index (χ3n) is 4.90. The summed E-state index contributed by atoms with van der Waals surface area (Å²) in [5.41, 5.74) is 12.5. The summed E-state index contributed by atoms with van der Waals surface area (Å²) in [6, 6.07) is 6.54. The summed E-state index contributed by atoms with van der Waals surface area (Å²) >= 11 is 0. The van der Waals surface area contributed by atoms with Crippen LogP contribution in [0.15, 0.2) is 18.2 Å². The van der Waals surface area contributed by atoms with Crippen LogP contribution in [-0.4, -0.2) is 10.2 Å². The van der Waals surface area contributed by atoms with Gasteiger partial charge in [-0.05, 0) is 43.4 Å². The van der Waals surface area contributed by atoms with E-state index in [1.54, 1.807) is 0 Å². The molecule has 2 aromatic rings. The van der Waals surface area contributed by atoms with Crippen LogP contribution in [0.25, 0.3) is 11.1 Å². The lowest BCUT2D eigenvalue weighted by Gasteiger charge is -2.23. The Morgan fingerprint density at radius 1 is 1.15 bits per heavy atom. The number of H-pyrrole nitrogens is 1. The fraction of sp³-hybridized carbons (Fsp3) is 0.471. The number of hydrogen-bond acceptors (Lipinski definition) is 2. The lowest BCUT2D eigenvalue weighted by Crippen LogP contribution is -2.18. The second kappa shape index (κ2) is 4.65. The van der Waals surface area contributed by atoms with Crippen molar-refractivity contribution < 1.29 is 0 Å². The van der Waals surface area contributed by atoms with Crippen molar-refractivity contribution in [2.45, 2.75) is 51.9 Å². The molecule has 20 heavy (non-hydrogen) atoms. The Labute approximate surface area is 120 Å². The molecule has 0 radical (unpaired) electrons. The predicted molar refractivity (Wildman–Crippen MR) is 83.7 cm³/mol. The Kier molecular flexibility index (Phi) is 3.08. The van der Waals surface area contributed by atoms with Crippen LogP contribution in [0.3, 0.4) is 0 Å². The lowest BCUT2D eigenvalue weighted by atomic mass is 9.81. The standard InChI is InChI=1S/C17H23N3/c1-11-6-7-13(10-12(11)2)14-15(19-20-16(14)18)17(3)8-4-5-9-17/h6-7,10H,4-5,8-9H2,1-3H3,(H3,18,19,20). The first-order chi connectivity index (χ1) is 9.51. The normalized spacial score (nSPS) is 17.6. The molecule has 1 aromatic heterocycles. The van der Waals surface area contributed by atoms with Crippen LogP contribution in [0.4, 0.5) is 5.82 Å². The second-order valence-electron chi connectivity index (χ2n) is 6.43. The minimum absolute atomic E-state index is 0.193. The Bertz CT molecular complexity index is 634. The summed E-state index contributed by atoms with van der Waals surface area (Å²) in [5.74, 6) is 0.622. The maximum Gasteiger partial charge on any atom is 0.153 e. The summed E-state index contributed by atoms with van der Waals surface area (Å²) in [6.45, 7) is 6.61. The average molecular weight is 269 g/mol. The maximum atomic E-state index is 6.15. The number of nitrogens with one attached hydrogen (secondary N) is 1. The molecule has 1 fully saturated rings. The molecule has 0 spiro atoms. The van der Waals surface area contributed by atoms with Gasteiger partial charge in [-0.1, -0.05) is 38.0 Å². The Morgan fingerprint density at radius 2 is 1.85 bits per heavy atom. The molecular weight excluding hydrogens is 246 g/mol. The molecule has 1 saturated carbocycles. The summed E-state index contributed by atoms with van der Waals surface area (Å²) in [5, 5.41) is 7.50. The molecule has 3 nitrogen and oxygen atoms in total. The summed E-state index contributed by atoms with van der Waals surface area (Å²) in [7, 11) is 0. The summed E-state index contributed by atoms with van der Waals surface area (Å²) in [6.07, 6.45) is 5.02. The van der Waals surface area contributed by atoms with Crippen LogP contribution in [0.2, 0.25) is 0 Å². The molecular formula is C17H23N3. The first kappa shape index (κ1) is 13.2. The summed E-state index contributed by atoms with van der Waals surface area (Å²) in [4.78, 5) is 0. The van der Waals surface area contributed by atoms with Gasteiger partial charge in [-0.25, -0.2) is 0 Å². The fourth-order valence-electron chi connectivity index (χ4n) is 3.39. The Morgan fingerprint density at radius 3 is 2.50 bits per heavy atom. The van der Waals surface area contributed by atoms with Gasteiger partial charge < -0.3 is 5.73 Å². The SMILES string of the molecule is Cc1ccc(-c2c(N)n[nH]c2C2(C)CCCC2)cc1C. The van der Waals surface area contributed by atoms with Crippen molar-refractivity contribution in [3.63, 3.8) is 0 Å². The van der Waals surface area contributed by atoms with E-state index in [1.165, 1.54) is 48.1 Å². The fourth-order valence-corrected chi connectivity index (χ4v) is 3.39. The molecule has 3 rings (SSSR count). The molecule has 1 aliphatic carbocycles. The highest BCUT2D eigenvalue weighted by Crippen LogP contribution is 2.45. The highest BCUT2D eigenvalue weighted by atomic mass is 15.2. The van der Waals surface area contributed by atoms with Gasteiger partial charge in [-0.2, -0.15) is 5.10 Å². The van der Waals surface area contributed by atoms with Gasteiger partial charge in [-0.15, -0.1) is 0 Å². The van der Waals surface area contributed by atoms with Crippen molar-refractivity contribution in [3.8, 4) is 11.1 Å². The van der Waals surface area contributed by atoms with Crippen LogP contribution in [0, 0.1) is 13.8 Å². The number of nitrogen functional groups attached to an aromatic ring is 1. The van der Waals surface area contributed by atoms with Crippen molar-refractivity contribution in [1.29, 1.82) is 0 Å². The first-order valence-corrected chi connectivity index (χ1v) is 7.43. The van der Waals surface area contributed by atoms with Gasteiger partial charge in [0.25, 0.3) is 0 Å². The minimum atomic E-state index is 0.193. The van der Waals surface area contributed by atoms with Crippen LogP contribution >= 0.6 is 0 Å². The van der Waals surface area contributed by atoms with Crippen LogP contribution in [0.5, 0.6) is 0 Å². The number of anilines is 1. The second-order valence-corrected chi connectivity index (χ2v) is 6.43. The molecule has 3 heteroatoms. The monoisotopic (exact) mass is 269 g/mol. The average Bonchev–Trinajstić information content (AvgIpc) is 3.00. The number of benzene rings is 1. The molecule has 0 aliphatic heterocycles. The Hall–Kier alpha value is -1.77. The number of aryl methyl sites for hydroxylation is 2. The van der Waals surface area contributed by atoms with E-state index in [9.17, 15) is 0 Å². The van der Waals surface area contributed by atoms with E-state index in [0.717, 1.165) is 5.56 Å². The molecule has 3 N–H and O–H groups in total. The molecule has 0 unspecified atom stereocenters. The van der Waals surface area contributed by atoms with Gasteiger partial charge in [0.1, 0.15) is 0 Å². The highest BCUT2D eigenvalue weighted by Gasteiger charge is 2.35. The van der Waals surface area contributed by atoms with Gasteiger partial charge in [0, 0.05) is 11.0 Å². The molecule has 1 aliphatic rings. The zero-order valence-corrected chi connectivity index (χ0v) is 12.6. The maximum absolute atomic E-state index is 6.15. The Balaban J connectivity index is 2.13. The third kappa shape index (κ3) is 2.01. The first-order valence-electron chi connectivity index (χ1n) is 7.43. The molecule has 1 heterocycles. The smallest absolute Gasteiger partial charge is 0.153 e. The van der Waals surface area contributed by atoms with E-state index < -0.39 is 0 Å².